The molecule has 0 heterocycles. The van der Waals surface area contributed by atoms with Gasteiger partial charge >= 0.3 is 0 Å². The molecule has 88 valence electrons. The highest BCUT2D eigenvalue weighted by molar-refractivity contribution is 5.34. The van der Waals surface area contributed by atoms with Gasteiger partial charge < -0.3 is 9.84 Å². The second kappa shape index (κ2) is 4.93. The highest BCUT2D eigenvalue weighted by Gasteiger charge is 2.06. The third-order valence-electron chi connectivity index (χ3n) is 2.23. The van der Waals surface area contributed by atoms with Crippen LogP contribution in [-0.4, -0.2) is 5.11 Å². The Bertz CT molecular complexity index is 509. The molecule has 0 aromatic heterocycles. The van der Waals surface area contributed by atoms with Crippen molar-refractivity contribution in [2.24, 2.45) is 0 Å². The first kappa shape index (κ1) is 11.5. The highest BCUT2D eigenvalue weighted by Crippen LogP contribution is 2.25. The van der Waals surface area contributed by atoms with Gasteiger partial charge in [0.2, 0.25) is 0 Å². The number of benzene rings is 2. The van der Waals surface area contributed by atoms with Crippen molar-refractivity contribution < 1.29 is 18.6 Å². The van der Waals surface area contributed by atoms with Crippen molar-refractivity contribution in [1.29, 1.82) is 0 Å². The van der Waals surface area contributed by atoms with E-state index in [1.807, 2.05) is 0 Å². The van der Waals surface area contributed by atoms with E-state index in [0.29, 0.717) is 5.75 Å². The van der Waals surface area contributed by atoms with Gasteiger partial charge in [0.15, 0.2) is 11.6 Å². The first-order valence-electron chi connectivity index (χ1n) is 5.02. The molecule has 0 saturated carbocycles. The van der Waals surface area contributed by atoms with Gasteiger partial charge in [-0.2, -0.15) is 0 Å². The molecule has 2 aromatic carbocycles. The van der Waals surface area contributed by atoms with Gasteiger partial charge in [0.1, 0.15) is 11.6 Å². The van der Waals surface area contributed by atoms with E-state index in [1.54, 1.807) is 24.3 Å². The molecule has 0 spiro atoms. The summed E-state index contributed by atoms with van der Waals surface area (Å²) in [5.74, 6) is -0.973. The van der Waals surface area contributed by atoms with E-state index >= 15 is 0 Å². The molecule has 0 fully saturated rings. The van der Waals surface area contributed by atoms with Gasteiger partial charge in [0.05, 0.1) is 6.61 Å². The average Bonchev–Trinajstić information content (AvgIpc) is 2.35. The molecule has 0 aliphatic heterocycles. The summed E-state index contributed by atoms with van der Waals surface area (Å²) in [7, 11) is 0. The molecule has 1 N–H and O–H groups in total. The molecule has 0 unspecified atom stereocenters. The van der Waals surface area contributed by atoms with Gasteiger partial charge in [-0.3, -0.25) is 0 Å². The Morgan fingerprint density at radius 1 is 1.00 bits per heavy atom. The van der Waals surface area contributed by atoms with Crippen LogP contribution >= 0.6 is 0 Å². The Morgan fingerprint density at radius 2 is 1.71 bits per heavy atom. The van der Waals surface area contributed by atoms with Crippen molar-refractivity contribution in [2.45, 2.75) is 6.61 Å². The smallest absolute Gasteiger partial charge is 0.165 e. The Balaban J connectivity index is 2.22. The average molecular weight is 236 g/mol. The van der Waals surface area contributed by atoms with Crippen LogP contribution in [0.2, 0.25) is 0 Å². The lowest BCUT2D eigenvalue weighted by atomic mass is 10.2. The number of halogens is 2. The van der Waals surface area contributed by atoms with E-state index in [9.17, 15) is 8.78 Å². The van der Waals surface area contributed by atoms with Gasteiger partial charge in [-0.15, -0.1) is 0 Å². The van der Waals surface area contributed by atoms with Crippen LogP contribution in [0.25, 0.3) is 0 Å². The van der Waals surface area contributed by atoms with Crippen LogP contribution in [0.4, 0.5) is 8.78 Å². The summed E-state index contributed by atoms with van der Waals surface area (Å²) >= 11 is 0. The standard InChI is InChI=1S/C13H10F2O2/c14-10-3-6-12(15)13(7-10)17-11-4-1-9(8-16)2-5-11/h1-7,16H,8H2. The third-order valence-corrected chi connectivity index (χ3v) is 2.23. The predicted octanol–water partition coefficient (Wildman–Crippen LogP) is 3.25. The maximum absolute atomic E-state index is 13.3. The quantitative estimate of drug-likeness (QED) is 0.886. The molecule has 0 atom stereocenters. The summed E-state index contributed by atoms with van der Waals surface area (Å²) in [5.41, 5.74) is 0.720. The summed E-state index contributed by atoms with van der Waals surface area (Å²) in [6.07, 6.45) is 0. The minimum absolute atomic E-state index is 0.0748. The maximum atomic E-state index is 13.3. The van der Waals surface area contributed by atoms with Gasteiger partial charge in [-0.05, 0) is 29.8 Å². The van der Waals surface area contributed by atoms with Crippen molar-refractivity contribution in [2.75, 3.05) is 0 Å². The van der Waals surface area contributed by atoms with Gasteiger partial charge in [0.25, 0.3) is 0 Å². The van der Waals surface area contributed by atoms with Crippen molar-refractivity contribution in [1.82, 2.24) is 0 Å². The summed E-state index contributed by atoms with van der Waals surface area (Å²) < 4.78 is 31.4. The van der Waals surface area contributed by atoms with E-state index in [2.05, 4.69) is 0 Å². The van der Waals surface area contributed by atoms with Crippen molar-refractivity contribution in [3.05, 3.63) is 59.7 Å². The molecule has 17 heavy (non-hydrogen) atoms. The summed E-state index contributed by atoms with van der Waals surface area (Å²) in [4.78, 5) is 0. The molecular formula is C13H10F2O2. The molecular weight excluding hydrogens is 226 g/mol. The van der Waals surface area contributed by atoms with Crippen molar-refractivity contribution >= 4 is 0 Å². The number of ether oxygens (including phenoxy) is 1. The zero-order valence-corrected chi connectivity index (χ0v) is 8.86. The maximum Gasteiger partial charge on any atom is 0.165 e. The van der Waals surface area contributed by atoms with Crippen LogP contribution < -0.4 is 4.74 Å². The fourth-order valence-corrected chi connectivity index (χ4v) is 1.35. The molecule has 2 nitrogen and oxygen atoms in total. The molecule has 2 rings (SSSR count). The second-order valence-corrected chi connectivity index (χ2v) is 3.48. The van der Waals surface area contributed by atoms with Gasteiger partial charge in [-0.1, -0.05) is 12.1 Å². The molecule has 0 radical (unpaired) electrons. The van der Waals surface area contributed by atoms with E-state index < -0.39 is 11.6 Å². The lowest BCUT2D eigenvalue weighted by molar-refractivity contribution is 0.281. The van der Waals surface area contributed by atoms with E-state index in [0.717, 1.165) is 23.8 Å². The highest BCUT2D eigenvalue weighted by atomic mass is 19.1. The number of aliphatic hydroxyl groups excluding tert-OH is 1. The van der Waals surface area contributed by atoms with Crippen LogP contribution in [-0.2, 0) is 6.61 Å². The molecule has 0 bridgehead atoms. The monoisotopic (exact) mass is 236 g/mol. The van der Waals surface area contributed by atoms with Gasteiger partial charge in [-0.25, -0.2) is 8.78 Å². The largest absolute Gasteiger partial charge is 0.454 e. The molecule has 0 aliphatic rings. The first-order chi connectivity index (χ1) is 8.19. The SMILES string of the molecule is OCc1ccc(Oc2cc(F)ccc2F)cc1. The summed E-state index contributed by atoms with van der Waals surface area (Å²) in [5, 5.41) is 8.85. The minimum Gasteiger partial charge on any atom is -0.454 e. The van der Waals surface area contributed by atoms with E-state index in [-0.39, 0.29) is 12.4 Å². The fraction of sp³-hybridized carbons (Fsp3) is 0.0769. The van der Waals surface area contributed by atoms with Crippen molar-refractivity contribution in [3.63, 3.8) is 0 Å². The Morgan fingerprint density at radius 3 is 2.35 bits per heavy atom. The number of rotatable bonds is 3. The number of hydrogen-bond acceptors (Lipinski definition) is 2. The van der Waals surface area contributed by atoms with Crippen LogP contribution in [0.5, 0.6) is 11.5 Å². The Hall–Kier alpha value is -1.94. The molecule has 0 saturated heterocycles. The lowest BCUT2D eigenvalue weighted by Crippen LogP contribution is -1.90. The zero-order chi connectivity index (χ0) is 12.3. The molecule has 2 aromatic rings. The molecule has 4 heteroatoms. The fourth-order valence-electron chi connectivity index (χ4n) is 1.35. The number of aliphatic hydroxyl groups is 1. The van der Waals surface area contributed by atoms with E-state index in [1.165, 1.54) is 0 Å². The Labute approximate surface area is 97.1 Å². The van der Waals surface area contributed by atoms with Crippen molar-refractivity contribution in [3.8, 4) is 11.5 Å². The van der Waals surface area contributed by atoms with Crippen LogP contribution in [0.15, 0.2) is 42.5 Å². The zero-order valence-electron chi connectivity index (χ0n) is 8.86. The predicted molar refractivity (Wildman–Crippen MR) is 58.8 cm³/mol. The summed E-state index contributed by atoms with van der Waals surface area (Å²) in [6.45, 7) is -0.0748. The van der Waals surface area contributed by atoms with Gasteiger partial charge in [0, 0.05) is 6.07 Å². The molecule has 0 amide bonds. The number of hydrogen-bond donors (Lipinski definition) is 1. The van der Waals surface area contributed by atoms with Crippen LogP contribution in [0.3, 0.4) is 0 Å². The normalized spacial score (nSPS) is 10.3. The summed E-state index contributed by atoms with van der Waals surface area (Å²) in [6, 6.07) is 9.46. The van der Waals surface area contributed by atoms with Crippen LogP contribution in [0, 0.1) is 11.6 Å². The van der Waals surface area contributed by atoms with E-state index in [4.69, 9.17) is 9.84 Å². The molecule has 0 aliphatic carbocycles. The van der Waals surface area contributed by atoms with Crippen LogP contribution in [0.1, 0.15) is 5.56 Å². The topological polar surface area (TPSA) is 29.5 Å². The second-order valence-electron chi connectivity index (χ2n) is 3.48. The lowest BCUT2D eigenvalue weighted by Gasteiger charge is -2.07. The minimum atomic E-state index is -0.627. The first-order valence-corrected chi connectivity index (χ1v) is 5.02. The Kier molecular flexibility index (Phi) is 3.35. The third kappa shape index (κ3) is 2.79.